The van der Waals surface area contributed by atoms with Gasteiger partial charge in [-0.3, -0.25) is 0 Å². The van der Waals surface area contributed by atoms with Crippen LogP contribution in [-0.2, 0) is 0 Å². The van der Waals surface area contributed by atoms with E-state index < -0.39 is 0 Å². The first-order valence-electron chi connectivity index (χ1n) is 7.58. The van der Waals surface area contributed by atoms with Crippen molar-refractivity contribution in [2.24, 2.45) is 23.0 Å². The van der Waals surface area contributed by atoms with Gasteiger partial charge in [-0.15, -0.1) is 0 Å². The van der Waals surface area contributed by atoms with Crippen LogP contribution in [0.5, 0.6) is 0 Å². The molecule has 0 radical (unpaired) electrons. The summed E-state index contributed by atoms with van der Waals surface area (Å²) in [7, 11) is 0. The number of likely N-dealkylation sites (tertiary alicyclic amines) is 1. The second-order valence-electron chi connectivity index (χ2n) is 6.77. The molecule has 1 saturated heterocycles. The van der Waals surface area contributed by atoms with E-state index in [4.69, 9.17) is 5.73 Å². The van der Waals surface area contributed by atoms with Crippen molar-refractivity contribution in [2.75, 3.05) is 26.2 Å². The van der Waals surface area contributed by atoms with Crippen LogP contribution in [0.3, 0.4) is 0 Å². The van der Waals surface area contributed by atoms with Crippen molar-refractivity contribution >= 4 is 0 Å². The molecule has 0 aromatic heterocycles. The van der Waals surface area contributed by atoms with Crippen molar-refractivity contribution in [3.8, 4) is 0 Å². The van der Waals surface area contributed by atoms with E-state index in [2.05, 4.69) is 18.7 Å². The fourth-order valence-corrected chi connectivity index (χ4v) is 3.58. The molecule has 2 rings (SSSR count). The minimum Gasteiger partial charge on any atom is -0.330 e. The van der Waals surface area contributed by atoms with Crippen LogP contribution in [-0.4, -0.2) is 31.1 Å². The topological polar surface area (TPSA) is 29.3 Å². The molecule has 2 aliphatic rings. The average molecular weight is 238 g/mol. The van der Waals surface area contributed by atoms with E-state index in [9.17, 15) is 0 Å². The van der Waals surface area contributed by atoms with E-state index in [1.54, 1.807) is 0 Å². The van der Waals surface area contributed by atoms with Crippen LogP contribution < -0.4 is 5.73 Å². The van der Waals surface area contributed by atoms with Crippen LogP contribution in [0.25, 0.3) is 0 Å². The third-order valence-electron chi connectivity index (χ3n) is 5.21. The summed E-state index contributed by atoms with van der Waals surface area (Å²) in [6.07, 6.45) is 8.37. The Labute approximate surface area is 107 Å². The maximum absolute atomic E-state index is 5.97. The summed E-state index contributed by atoms with van der Waals surface area (Å²) in [4.78, 5) is 2.70. The van der Waals surface area contributed by atoms with Gasteiger partial charge >= 0.3 is 0 Å². The van der Waals surface area contributed by atoms with E-state index in [0.29, 0.717) is 5.41 Å². The molecule has 0 amide bonds. The van der Waals surface area contributed by atoms with Gasteiger partial charge in [-0.1, -0.05) is 20.3 Å². The predicted octanol–water partition coefficient (Wildman–Crippen LogP) is 2.87. The minimum absolute atomic E-state index is 0.498. The molecule has 2 N–H and O–H groups in total. The molecule has 0 spiro atoms. The van der Waals surface area contributed by atoms with Crippen molar-refractivity contribution < 1.29 is 0 Å². The molecule has 100 valence electrons. The molecular weight excluding hydrogens is 208 g/mol. The van der Waals surface area contributed by atoms with Crippen LogP contribution in [0.4, 0.5) is 0 Å². The highest BCUT2D eigenvalue weighted by Gasteiger charge is 2.37. The third kappa shape index (κ3) is 3.23. The molecule has 1 saturated carbocycles. The Morgan fingerprint density at radius 2 is 1.94 bits per heavy atom. The summed E-state index contributed by atoms with van der Waals surface area (Å²) in [6, 6.07) is 0. The van der Waals surface area contributed by atoms with Gasteiger partial charge in [-0.05, 0) is 69.0 Å². The largest absolute Gasteiger partial charge is 0.330 e. The first-order valence-corrected chi connectivity index (χ1v) is 7.58. The summed E-state index contributed by atoms with van der Waals surface area (Å²) >= 11 is 0. The van der Waals surface area contributed by atoms with Crippen molar-refractivity contribution in [3.63, 3.8) is 0 Å². The minimum atomic E-state index is 0.498. The quantitative estimate of drug-likeness (QED) is 0.816. The fraction of sp³-hybridized carbons (Fsp3) is 1.00. The van der Waals surface area contributed by atoms with Gasteiger partial charge in [0.2, 0.25) is 0 Å². The van der Waals surface area contributed by atoms with E-state index in [0.717, 1.165) is 18.4 Å². The standard InChI is InChI=1S/C15H30N2/c1-13(2)14-5-3-9-17(10-6-14)12-15(11-16)7-4-8-15/h13-14H,3-12,16H2,1-2H3. The maximum atomic E-state index is 5.97. The monoisotopic (exact) mass is 238 g/mol. The number of hydrogen-bond acceptors (Lipinski definition) is 2. The second-order valence-corrected chi connectivity index (χ2v) is 6.77. The highest BCUT2D eigenvalue weighted by Crippen LogP contribution is 2.41. The van der Waals surface area contributed by atoms with Gasteiger partial charge < -0.3 is 10.6 Å². The molecule has 1 atom stereocenters. The lowest BCUT2D eigenvalue weighted by Crippen LogP contribution is -2.47. The highest BCUT2D eigenvalue weighted by atomic mass is 15.1. The molecule has 0 aromatic carbocycles. The molecule has 2 heteroatoms. The Kier molecular flexibility index (Phi) is 4.48. The molecular formula is C15H30N2. The van der Waals surface area contributed by atoms with Gasteiger partial charge in [0, 0.05) is 6.54 Å². The van der Waals surface area contributed by atoms with Gasteiger partial charge in [0.1, 0.15) is 0 Å². The lowest BCUT2D eigenvalue weighted by molar-refractivity contribution is 0.0756. The van der Waals surface area contributed by atoms with Crippen molar-refractivity contribution in [3.05, 3.63) is 0 Å². The summed E-state index contributed by atoms with van der Waals surface area (Å²) in [5.74, 6) is 1.82. The van der Waals surface area contributed by atoms with Gasteiger partial charge in [0.25, 0.3) is 0 Å². The number of rotatable bonds is 4. The maximum Gasteiger partial charge on any atom is 0.00501 e. The average Bonchev–Trinajstić information content (AvgIpc) is 2.48. The Morgan fingerprint density at radius 3 is 2.47 bits per heavy atom. The zero-order valence-electron chi connectivity index (χ0n) is 11.8. The van der Waals surface area contributed by atoms with Gasteiger partial charge in [0.15, 0.2) is 0 Å². The molecule has 2 nitrogen and oxygen atoms in total. The molecule has 1 heterocycles. The molecule has 0 aromatic rings. The van der Waals surface area contributed by atoms with Gasteiger partial charge in [0.05, 0.1) is 0 Å². The summed E-state index contributed by atoms with van der Waals surface area (Å²) in [5.41, 5.74) is 6.47. The van der Waals surface area contributed by atoms with Crippen molar-refractivity contribution in [1.29, 1.82) is 0 Å². The molecule has 17 heavy (non-hydrogen) atoms. The lowest BCUT2D eigenvalue weighted by Gasteiger charge is -2.44. The zero-order valence-corrected chi connectivity index (χ0v) is 11.8. The first kappa shape index (κ1) is 13.4. The third-order valence-corrected chi connectivity index (χ3v) is 5.21. The second kappa shape index (κ2) is 5.71. The molecule has 1 aliphatic heterocycles. The van der Waals surface area contributed by atoms with Crippen LogP contribution in [0.15, 0.2) is 0 Å². The molecule has 2 fully saturated rings. The van der Waals surface area contributed by atoms with E-state index in [-0.39, 0.29) is 0 Å². The highest BCUT2D eigenvalue weighted by molar-refractivity contribution is 4.91. The van der Waals surface area contributed by atoms with Gasteiger partial charge in [-0.25, -0.2) is 0 Å². The van der Waals surface area contributed by atoms with E-state index >= 15 is 0 Å². The number of nitrogens with two attached hydrogens (primary N) is 1. The van der Waals surface area contributed by atoms with Crippen LogP contribution in [0, 0.1) is 17.3 Å². The summed E-state index contributed by atoms with van der Waals surface area (Å²) < 4.78 is 0. The van der Waals surface area contributed by atoms with Gasteiger partial charge in [-0.2, -0.15) is 0 Å². The molecule has 0 bridgehead atoms. The van der Waals surface area contributed by atoms with Crippen LogP contribution >= 0.6 is 0 Å². The molecule has 1 aliphatic carbocycles. The fourth-order valence-electron chi connectivity index (χ4n) is 3.58. The van der Waals surface area contributed by atoms with Crippen molar-refractivity contribution in [2.45, 2.75) is 52.4 Å². The Bertz CT molecular complexity index is 228. The normalized spacial score (nSPS) is 30.0. The Hall–Kier alpha value is -0.0800. The van der Waals surface area contributed by atoms with E-state index in [1.165, 1.54) is 58.2 Å². The van der Waals surface area contributed by atoms with Crippen molar-refractivity contribution in [1.82, 2.24) is 4.90 Å². The predicted molar refractivity (Wildman–Crippen MR) is 74.0 cm³/mol. The lowest BCUT2D eigenvalue weighted by atomic mass is 9.68. The smallest absolute Gasteiger partial charge is 0.00501 e. The summed E-state index contributed by atoms with van der Waals surface area (Å²) in [6.45, 7) is 9.56. The Morgan fingerprint density at radius 1 is 1.18 bits per heavy atom. The van der Waals surface area contributed by atoms with Crippen LogP contribution in [0.1, 0.15) is 52.4 Å². The number of hydrogen-bond donors (Lipinski definition) is 1. The number of nitrogens with zero attached hydrogens (tertiary/aromatic N) is 1. The SMILES string of the molecule is CC(C)C1CCCN(CC2(CN)CCC2)CC1. The van der Waals surface area contributed by atoms with E-state index in [1.807, 2.05) is 0 Å². The summed E-state index contributed by atoms with van der Waals surface area (Å²) in [5, 5.41) is 0. The zero-order chi connectivity index (χ0) is 12.3. The Balaban J connectivity index is 1.82. The molecule has 1 unspecified atom stereocenters. The first-order chi connectivity index (χ1) is 8.15. The van der Waals surface area contributed by atoms with Crippen LogP contribution in [0.2, 0.25) is 0 Å².